The van der Waals surface area contributed by atoms with Gasteiger partial charge in [0.05, 0.1) is 11.0 Å². The highest BCUT2D eigenvalue weighted by Crippen LogP contribution is 2.36. The SMILES string of the molecule is C=C1CCC(F)C1.C=Cc1cccc(-n2cnc3cc(C(C)=C4CC4)ccc32)c1. The molecule has 2 aromatic carbocycles. The van der Waals surface area contributed by atoms with Gasteiger partial charge in [-0.05, 0) is 80.0 Å². The number of alkyl halides is 1. The van der Waals surface area contributed by atoms with Crippen molar-refractivity contribution in [2.75, 3.05) is 0 Å². The van der Waals surface area contributed by atoms with Gasteiger partial charge >= 0.3 is 0 Å². The molecule has 1 heterocycles. The fraction of sp³-hybridized carbons (Fsp3) is 0.269. The number of benzene rings is 2. The maximum absolute atomic E-state index is 12.1. The second-order valence-corrected chi connectivity index (χ2v) is 7.94. The molecule has 1 unspecified atom stereocenters. The molecular formula is C26H27FN2. The van der Waals surface area contributed by atoms with E-state index in [9.17, 15) is 4.39 Å². The van der Waals surface area contributed by atoms with Gasteiger partial charge in [0.15, 0.2) is 0 Å². The number of hydrogen-bond acceptors (Lipinski definition) is 1. The van der Waals surface area contributed by atoms with Crippen LogP contribution in [0.5, 0.6) is 0 Å². The number of nitrogens with zero attached hydrogens (tertiary/aromatic N) is 2. The molecule has 0 aliphatic heterocycles. The van der Waals surface area contributed by atoms with Crippen LogP contribution in [0.1, 0.15) is 50.2 Å². The number of fused-ring (bicyclic) bond motifs is 1. The summed E-state index contributed by atoms with van der Waals surface area (Å²) in [4.78, 5) is 4.59. The lowest BCUT2D eigenvalue weighted by molar-refractivity contribution is 0.347. The van der Waals surface area contributed by atoms with E-state index in [1.54, 1.807) is 5.57 Å². The molecule has 0 saturated heterocycles. The minimum Gasteiger partial charge on any atom is -0.299 e. The molecule has 29 heavy (non-hydrogen) atoms. The first-order valence-electron chi connectivity index (χ1n) is 10.2. The third-order valence-corrected chi connectivity index (χ3v) is 5.72. The Labute approximate surface area is 172 Å². The average molecular weight is 387 g/mol. The van der Waals surface area contributed by atoms with E-state index in [0.717, 1.165) is 34.3 Å². The van der Waals surface area contributed by atoms with Crippen molar-refractivity contribution in [2.24, 2.45) is 0 Å². The van der Waals surface area contributed by atoms with Crippen LogP contribution >= 0.6 is 0 Å². The van der Waals surface area contributed by atoms with E-state index in [-0.39, 0.29) is 0 Å². The Hall–Kier alpha value is -2.94. The molecule has 148 valence electrons. The van der Waals surface area contributed by atoms with E-state index in [2.05, 4.69) is 66.0 Å². The molecule has 2 fully saturated rings. The molecule has 2 saturated carbocycles. The molecule has 0 bridgehead atoms. The van der Waals surface area contributed by atoms with Gasteiger partial charge < -0.3 is 0 Å². The van der Waals surface area contributed by atoms with Crippen LogP contribution in [0.15, 0.2) is 73.1 Å². The summed E-state index contributed by atoms with van der Waals surface area (Å²) in [5.41, 5.74) is 9.79. The van der Waals surface area contributed by atoms with Crippen LogP contribution in [-0.2, 0) is 0 Å². The van der Waals surface area contributed by atoms with Crippen molar-refractivity contribution >= 4 is 22.7 Å². The smallest absolute Gasteiger partial charge is 0.104 e. The summed E-state index contributed by atoms with van der Waals surface area (Å²) < 4.78 is 14.2. The number of allylic oxidation sites excluding steroid dienone is 3. The quantitative estimate of drug-likeness (QED) is 0.432. The van der Waals surface area contributed by atoms with Crippen molar-refractivity contribution in [2.45, 2.75) is 45.2 Å². The normalized spacial score (nSPS) is 17.8. The Kier molecular flexibility index (Phi) is 5.48. The van der Waals surface area contributed by atoms with E-state index in [0.29, 0.717) is 12.8 Å². The molecule has 2 nitrogen and oxygen atoms in total. The highest BCUT2D eigenvalue weighted by Gasteiger charge is 2.16. The van der Waals surface area contributed by atoms with E-state index in [1.807, 2.05) is 18.5 Å². The molecule has 3 aromatic rings. The molecule has 2 aliphatic rings. The molecule has 1 atom stereocenters. The van der Waals surface area contributed by atoms with Crippen molar-refractivity contribution in [3.8, 4) is 5.69 Å². The van der Waals surface area contributed by atoms with Crippen LogP contribution in [0.25, 0.3) is 28.4 Å². The Morgan fingerprint density at radius 2 is 2.00 bits per heavy atom. The molecule has 1 aromatic heterocycles. The number of aromatic nitrogens is 2. The van der Waals surface area contributed by atoms with Crippen LogP contribution in [-0.4, -0.2) is 15.7 Å². The zero-order valence-corrected chi connectivity index (χ0v) is 17.0. The highest BCUT2D eigenvalue weighted by atomic mass is 19.1. The predicted molar refractivity (Wildman–Crippen MR) is 121 cm³/mol. The zero-order valence-electron chi connectivity index (χ0n) is 17.0. The summed E-state index contributed by atoms with van der Waals surface area (Å²) in [6.45, 7) is 9.72. The van der Waals surface area contributed by atoms with Gasteiger partial charge in [-0.25, -0.2) is 9.37 Å². The van der Waals surface area contributed by atoms with Gasteiger partial charge in [0, 0.05) is 5.69 Å². The number of halogens is 1. The number of rotatable bonds is 3. The second-order valence-electron chi connectivity index (χ2n) is 7.94. The summed E-state index contributed by atoms with van der Waals surface area (Å²) in [6, 6.07) is 14.9. The summed E-state index contributed by atoms with van der Waals surface area (Å²) in [6.07, 6.45) is 7.93. The molecule has 0 spiro atoms. The van der Waals surface area contributed by atoms with Gasteiger partial charge in [-0.3, -0.25) is 4.57 Å². The molecule has 3 heteroatoms. The predicted octanol–water partition coefficient (Wildman–Crippen LogP) is 7.30. The molecular weight excluding hydrogens is 359 g/mol. The van der Waals surface area contributed by atoms with Crippen molar-refractivity contribution < 1.29 is 4.39 Å². The summed E-state index contributed by atoms with van der Waals surface area (Å²) in [7, 11) is 0. The van der Waals surface area contributed by atoms with Crippen molar-refractivity contribution in [1.82, 2.24) is 9.55 Å². The van der Waals surface area contributed by atoms with Gasteiger partial charge in [0.1, 0.15) is 12.5 Å². The molecule has 0 N–H and O–H groups in total. The zero-order chi connectivity index (χ0) is 20.4. The molecule has 5 rings (SSSR count). The molecule has 2 aliphatic carbocycles. The Morgan fingerprint density at radius 3 is 2.62 bits per heavy atom. The summed E-state index contributed by atoms with van der Waals surface area (Å²) in [5.74, 6) is 0. The second kappa shape index (κ2) is 8.20. The monoisotopic (exact) mass is 386 g/mol. The average Bonchev–Trinajstić information content (AvgIpc) is 3.40. The van der Waals surface area contributed by atoms with Gasteiger partial charge in [-0.15, -0.1) is 0 Å². The van der Waals surface area contributed by atoms with Crippen LogP contribution in [0.4, 0.5) is 4.39 Å². The first-order chi connectivity index (χ1) is 14.0. The van der Waals surface area contributed by atoms with Crippen LogP contribution in [0.3, 0.4) is 0 Å². The van der Waals surface area contributed by atoms with Gasteiger partial charge in [0.25, 0.3) is 0 Å². The Morgan fingerprint density at radius 1 is 1.17 bits per heavy atom. The Bertz CT molecular complexity index is 1100. The standard InChI is InChI=1S/C20H18N2.C6H9F/c1-3-15-5-4-6-18(11-15)22-13-21-19-12-17(9-10-20(19)22)14(2)16-7-8-16;1-5-2-3-6(7)4-5/h3-6,9-13H,1,7-8H2,2H3;6H,1-4H2. The number of imidazole rings is 1. The molecule has 0 radical (unpaired) electrons. The van der Waals surface area contributed by atoms with Gasteiger partial charge in [0.2, 0.25) is 0 Å². The third-order valence-electron chi connectivity index (χ3n) is 5.72. The van der Waals surface area contributed by atoms with Crippen molar-refractivity contribution in [3.63, 3.8) is 0 Å². The minimum absolute atomic E-state index is 0.576. The first-order valence-corrected chi connectivity index (χ1v) is 10.2. The largest absolute Gasteiger partial charge is 0.299 e. The van der Waals surface area contributed by atoms with Gasteiger partial charge in [-0.1, -0.05) is 48.6 Å². The van der Waals surface area contributed by atoms with Crippen LogP contribution in [0, 0.1) is 0 Å². The fourth-order valence-corrected chi connectivity index (χ4v) is 3.77. The van der Waals surface area contributed by atoms with E-state index >= 15 is 0 Å². The van der Waals surface area contributed by atoms with Gasteiger partial charge in [-0.2, -0.15) is 0 Å². The van der Waals surface area contributed by atoms with Crippen LogP contribution in [0.2, 0.25) is 0 Å². The van der Waals surface area contributed by atoms with E-state index < -0.39 is 6.17 Å². The van der Waals surface area contributed by atoms with Crippen molar-refractivity contribution in [1.29, 1.82) is 0 Å². The third kappa shape index (κ3) is 4.40. The summed E-state index contributed by atoms with van der Waals surface area (Å²) in [5, 5.41) is 0. The maximum atomic E-state index is 12.1. The fourth-order valence-electron chi connectivity index (χ4n) is 3.77. The minimum atomic E-state index is -0.576. The lowest BCUT2D eigenvalue weighted by Gasteiger charge is -2.06. The first kappa shape index (κ1) is 19.4. The topological polar surface area (TPSA) is 17.8 Å². The number of hydrogen-bond donors (Lipinski definition) is 0. The summed E-state index contributed by atoms with van der Waals surface area (Å²) >= 11 is 0. The lowest BCUT2D eigenvalue weighted by atomic mass is 10.1. The molecule has 0 amide bonds. The highest BCUT2D eigenvalue weighted by molar-refractivity contribution is 5.83. The van der Waals surface area contributed by atoms with Crippen LogP contribution < -0.4 is 0 Å². The maximum Gasteiger partial charge on any atom is 0.104 e. The van der Waals surface area contributed by atoms with E-state index in [4.69, 9.17) is 0 Å². The van der Waals surface area contributed by atoms with Crippen molar-refractivity contribution in [3.05, 3.63) is 84.2 Å². The Balaban J connectivity index is 0.000000249. The lowest BCUT2D eigenvalue weighted by Crippen LogP contribution is -1.92. The van der Waals surface area contributed by atoms with E-state index in [1.165, 1.54) is 24.0 Å².